The number of nitrogen functional groups attached to an aromatic ring is 1. The second kappa shape index (κ2) is 4.88. The number of hydrogen-bond acceptors (Lipinski definition) is 5. The van der Waals surface area contributed by atoms with E-state index < -0.39 is 10.0 Å². The Morgan fingerprint density at radius 1 is 1.24 bits per heavy atom. The SMILES string of the molecule is Nc1cc(S(N)(=O)=O)ccc1N1CCN2C(=O)CCC2C1. The van der Waals surface area contributed by atoms with Crippen molar-refractivity contribution in [1.29, 1.82) is 0 Å². The zero-order valence-corrected chi connectivity index (χ0v) is 12.3. The molecule has 114 valence electrons. The number of rotatable bonds is 2. The second-order valence-corrected chi connectivity index (χ2v) is 7.05. The third kappa shape index (κ3) is 2.56. The van der Waals surface area contributed by atoms with Crippen molar-refractivity contribution in [3.05, 3.63) is 18.2 Å². The summed E-state index contributed by atoms with van der Waals surface area (Å²) in [5.74, 6) is 0.220. The second-order valence-electron chi connectivity index (χ2n) is 5.49. The van der Waals surface area contributed by atoms with Gasteiger partial charge in [0.15, 0.2) is 0 Å². The van der Waals surface area contributed by atoms with Gasteiger partial charge in [0.1, 0.15) is 0 Å². The highest BCUT2D eigenvalue weighted by molar-refractivity contribution is 7.89. The third-order valence-electron chi connectivity index (χ3n) is 4.16. The molecule has 0 bridgehead atoms. The van der Waals surface area contributed by atoms with Gasteiger partial charge in [0.05, 0.1) is 16.3 Å². The number of piperazine rings is 1. The van der Waals surface area contributed by atoms with Crippen molar-refractivity contribution >= 4 is 27.3 Å². The standard InChI is InChI=1S/C13H18N4O3S/c14-11-7-10(21(15,19)20)2-3-12(11)16-5-6-17-9(8-16)1-4-13(17)18/h2-3,7,9H,1,4-6,8,14H2,(H2,15,19,20). The number of primary sulfonamides is 1. The van der Waals surface area contributed by atoms with Crippen LogP contribution in [0.4, 0.5) is 11.4 Å². The summed E-state index contributed by atoms with van der Waals surface area (Å²) in [5.41, 5.74) is 7.15. The van der Waals surface area contributed by atoms with E-state index in [0.717, 1.165) is 18.7 Å². The van der Waals surface area contributed by atoms with E-state index in [1.807, 2.05) is 4.90 Å². The molecule has 0 radical (unpaired) electrons. The lowest BCUT2D eigenvalue weighted by Crippen LogP contribution is -2.51. The predicted octanol–water partition coefficient (Wildman–Crippen LogP) is -0.273. The van der Waals surface area contributed by atoms with Gasteiger partial charge in [-0.25, -0.2) is 13.6 Å². The van der Waals surface area contributed by atoms with E-state index in [4.69, 9.17) is 10.9 Å². The van der Waals surface area contributed by atoms with Gasteiger partial charge in [-0.1, -0.05) is 0 Å². The lowest BCUT2D eigenvalue weighted by Gasteiger charge is -2.39. The number of nitrogens with zero attached hydrogens (tertiary/aromatic N) is 2. The molecule has 0 spiro atoms. The van der Waals surface area contributed by atoms with Gasteiger partial charge in [-0.05, 0) is 24.6 Å². The van der Waals surface area contributed by atoms with Crippen LogP contribution in [0.1, 0.15) is 12.8 Å². The topological polar surface area (TPSA) is 110 Å². The lowest BCUT2D eigenvalue weighted by atomic mass is 10.1. The number of carbonyl (C=O) groups is 1. The van der Waals surface area contributed by atoms with Crippen molar-refractivity contribution < 1.29 is 13.2 Å². The number of anilines is 2. The van der Waals surface area contributed by atoms with Crippen LogP contribution in [0.15, 0.2) is 23.1 Å². The molecule has 0 aromatic heterocycles. The maximum atomic E-state index is 11.7. The maximum absolute atomic E-state index is 11.7. The minimum Gasteiger partial charge on any atom is -0.397 e. The molecule has 4 N–H and O–H groups in total. The highest BCUT2D eigenvalue weighted by Crippen LogP contribution is 2.30. The Labute approximate surface area is 123 Å². The number of benzene rings is 1. The summed E-state index contributed by atoms with van der Waals surface area (Å²) in [4.78, 5) is 15.7. The van der Waals surface area contributed by atoms with E-state index in [0.29, 0.717) is 25.2 Å². The highest BCUT2D eigenvalue weighted by atomic mass is 32.2. The van der Waals surface area contributed by atoms with Crippen LogP contribution in [-0.4, -0.2) is 44.9 Å². The molecule has 1 aromatic carbocycles. The van der Waals surface area contributed by atoms with Crippen molar-refractivity contribution in [3.8, 4) is 0 Å². The largest absolute Gasteiger partial charge is 0.397 e. The Morgan fingerprint density at radius 3 is 2.67 bits per heavy atom. The molecule has 1 amide bonds. The summed E-state index contributed by atoms with van der Waals surface area (Å²) in [6.45, 7) is 2.10. The first-order valence-corrected chi connectivity index (χ1v) is 8.37. The highest BCUT2D eigenvalue weighted by Gasteiger charge is 2.35. The summed E-state index contributed by atoms with van der Waals surface area (Å²) >= 11 is 0. The van der Waals surface area contributed by atoms with Crippen molar-refractivity contribution in [3.63, 3.8) is 0 Å². The van der Waals surface area contributed by atoms with Gasteiger partial charge in [-0.15, -0.1) is 0 Å². The number of nitrogens with two attached hydrogens (primary N) is 2. The summed E-state index contributed by atoms with van der Waals surface area (Å²) in [5, 5.41) is 5.10. The van der Waals surface area contributed by atoms with Gasteiger partial charge in [0.2, 0.25) is 15.9 Å². The molecule has 21 heavy (non-hydrogen) atoms. The smallest absolute Gasteiger partial charge is 0.238 e. The molecule has 8 heteroatoms. The Kier molecular flexibility index (Phi) is 3.29. The minimum atomic E-state index is -3.75. The predicted molar refractivity (Wildman–Crippen MR) is 79.2 cm³/mol. The monoisotopic (exact) mass is 310 g/mol. The van der Waals surface area contributed by atoms with Crippen LogP contribution in [0.5, 0.6) is 0 Å². The van der Waals surface area contributed by atoms with Crippen molar-refractivity contribution in [1.82, 2.24) is 4.90 Å². The lowest BCUT2D eigenvalue weighted by molar-refractivity contribution is -0.129. The first-order chi connectivity index (χ1) is 9.86. The summed E-state index contributed by atoms with van der Waals surface area (Å²) in [7, 11) is -3.75. The summed E-state index contributed by atoms with van der Waals surface area (Å²) in [6.07, 6.45) is 1.48. The van der Waals surface area contributed by atoms with Gasteiger partial charge in [-0.2, -0.15) is 0 Å². The molecule has 7 nitrogen and oxygen atoms in total. The number of sulfonamides is 1. The van der Waals surface area contributed by atoms with E-state index in [2.05, 4.69) is 4.90 Å². The van der Waals surface area contributed by atoms with Gasteiger partial charge in [0, 0.05) is 32.1 Å². The fourth-order valence-corrected chi connectivity index (χ4v) is 3.63. The number of carbonyl (C=O) groups excluding carboxylic acids is 1. The number of hydrogen-bond donors (Lipinski definition) is 2. The number of fused-ring (bicyclic) bond motifs is 1. The van der Waals surface area contributed by atoms with Crippen LogP contribution >= 0.6 is 0 Å². The summed E-state index contributed by atoms with van der Waals surface area (Å²) in [6, 6.07) is 4.76. The normalized spacial score (nSPS) is 22.5. The van der Waals surface area contributed by atoms with Crippen LogP contribution in [0, 0.1) is 0 Å². The average Bonchev–Trinajstić information content (AvgIpc) is 2.79. The van der Waals surface area contributed by atoms with E-state index in [-0.39, 0.29) is 16.8 Å². The Balaban J connectivity index is 1.84. The minimum absolute atomic E-state index is 0.0124. The maximum Gasteiger partial charge on any atom is 0.238 e. The molecule has 3 rings (SSSR count). The van der Waals surface area contributed by atoms with Gasteiger partial charge < -0.3 is 15.5 Å². The van der Waals surface area contributed by atoms with Gasteiger partial charge in [0.25, 0.3) is 0 Å². The molecule has 2 aliphatic rings. The molecular formula is C13H18N4O3S. The van der Waals surface area contributed by atoms with E-state index >= 15 is 0 Å². The molecule has 1 aromatic rings. The van der Waals surface area contributed by atoms with Gasteiger partial charge in [-0.3, -0.25) is 4.79 Å². The van der Waals surface area contributed by atoms with Crippen LogP contribution in [0.2, 0.25) is 0 Å². The zero-order chi connectivity index (χ0) is 15.2. The van der Waals surface area contributed by atoms with Crippen LogP contribution in [0.3, 0.4) is 0 Å². The first-order valence-electron chi connectivity index (χ1n) is 6.83. The third-order valence-corrected chi connectivity index (χ3v) is 5.07. The van der Waals surface area contributed by atoms with Crippen molar-refractivity contribution in [2.24, 2.45) is 5.14 Å². The zero-order valence-electron chi connectivity index (χ0n) is 11.5. The fraction of sp³-hybridized carbons (Fsp3) is 0.462. The molecule has 0 saturated carbocycles. The summed E-state index contributed by atoms with van der Waals surface area (Å²) < 4.78 is 22.6. The van der Waals surface area contributed by atoms with Crippen molar-refractivity contribution in [2.45, 2.75) is 23.8 Å². The molecular weight excluding hydrogens is 292 g/mol. The Hall–Kier alpha value is -1.80. The molecule has 2 fully saturated rings. The Morgan fingerprint density at radius 2 is 2.00 bits per heavy atom. The number of amides is 1. The first kappa shape index (κ1) is 14.2. The van der Waals surface area contributed by atoms with E-state index in [1.165, 1.54) is 12.1 Å². The van der Waals surface area contributed by atoms with Crippen molar-refractivity contribution in [2.75, 3.05) is 30.3 Å². The van der Waals surface area contributed by atoms with Crippen LogP contribution < -0.4 is 15.8 Å². The molecule has 0 aliphatic carbocycles. The van der Waals surface area contributed by atoms with E-state index in [1.54, 1.807) is 6.07 Å². The van der Waals surface area contributed by atoms with E-state index in [9.17, 15) is 13.2 Å². The van der Waals surface area contributed by atoms with Crippen LogP contribution in [-0.2, 0) is 14.8 Å². The average molecular weight is 310 g/mol. The fourth-order valence-electron chi connectivity index (χ4n) is 3.08. The molecule has 2 saturated heterocycles. The van der Waals surface area contributed by atoms with Crippen LogP contribution in [0.25, 0.3) is 0 Å². The molecule has 2 aliphatic heterocycles. The molecule has 1 unspecified atom stereocenters. The molecule has 1 atom stereocenters. The molecule has 2 heterocycles. The van der Waals surface area contributed by atoms with Gasteiger partial charge >= 0.3 is 0 Å². The quantitative estimate of drug-likeness (QED) is 0.731. The Bertz CT molecular complexity index is 689.